The minimum atomic E-state index is 0.401. The Kier molecular flexibility index (Phi) is 7.00. The predicted molar refractivity (Wildman–Crippen MR) is 119 cm³/mol. The number of hydrogen-bond donors (Lipinski definition) is 2. The van der Waals surface area contributed by atoms with Gasteiger partial charge in [0, 0.05) is 31.7 Å². The molecule has 1 unspecified atom stereocenters. The van der Waals surface area contributed by atoms with Gasteiger partial charge in [0.15, 0.2) is 5.96 Å². The molecular weight excluding hydrogens is 360 g/mol. The van der Waals surface area contributed by atoms with Crippen LogP contribution in [-0.2, 0) is 6.54 Å². The lowest BCUT2D eigenvalue weighted by molar-refractivity contribution is 0.699. The standard InChI is InChI=1S/C23H30N6/c1-5-24-23(27-14-18(3)21-8-6-7-17(2)13-21)28-16-20-9-10-22(26-15-20)29-12-11-25-19(29)4/h6-13,15,18H,5,14,16H2,1-4H3,(H2,24,27,28). The number of aliphatic imine (C=N–C) groups is 1. The van der Waals surface area contributed by atoms with Crippen molar-refractivity contribution in [1.82, 2.24) is 25.2 Å². The second-order valence-corrected chi connectivity index (χ2v) is 7.26. The van der Waals surface area contributed by atoms with Gasteiger partial charge in [-0.3, -0.25) is 4.57 Å². The zero-order valence-electron chi connectivity index (χ0n) is 17.7. The molecule has 2 heterocycles. The van der Waals surface area contributed by atoms with Gasteiger partial charge in [0.25, 0.3) is 0 Å². The Labute approximate surface area is 173 Å². The van der Waals surface area contributed by atoms with E-state index >= 15 is 0 Å². The normalized spacial score (nSPS) is 12.6. The minimum absolute atomic E-state index is 0.401. The molecular formula is C23H30N6. The lowest BCUT2D eigenvalue weighted by Crippen LogP contribution is -2.39. The van der Waals surface area contributed by atoms with E-state index in [-0.39, 0.29) is 0 Å². The Balaban J connectivity index is 1.60. The number of nitrogens with one attached hydrogen (secondary N) is 2. The van der Waals surface area contributed by atoms with E-state index in [1.165, 1.54) is 11.1 Å². The summed E-state index contributed by atoms with van der Waals surface area (Å²) < 4.78 is 1.96. The monoisotopic (exact) mass is 390 g/mol. The number of rotatable bonds is 7. The zero-order valence-corrected chi connectivity index (χ0v) is 17.7. The summed E-state index contributed by atoms with van der Waals surface area (Å²) in [6, 6.07) is 12.7. The van der Waals surface area contributed by atoms with Gasteiger partial charge in [0.1, 0.15) is 11.6 Å². The van der Waals surface area contributed by atoms with Gasteiger partial charge in [0.05, 0.1) is 6.54 Å². The quantitative estimate of drug-likeness (QED) is 0.476. The summed E-state index contributed by atoms with van der Waals surface area (Å²) in [7, 11) is 0. The number of hydrogen-bond acceptors (Lipinski definition) is 3. The van der Waals surface area contributed by atoms with Crippen LogP contribution >= 0.6 is 0 Å². The maximum Gasteiger partial charge on any atom is 0.191 e. The highest BCUT2D eigenvalue weighted by Gasteiger charge is 2.07. The Hall–Kier alpha value is -3.15. The van der Waals surface area contributed by atoms with Crippen molar-refractivity contribution >= 4 is 5.96 Å². The summed E-state index contributed by atoms with van der Waals surface area (Å²) in [4.78, 5) is 13.5. The summed E-state index contributed by atoms with van der Waals surface area (Å²) >= 11 is 0. The maximum atomic E-state index is 4.71. The molecule has 0 bridgehead atoms. The first kappa shape index (κ1) is 20.6. The molecule has 1 aromatic carbocycles. The summed E-state index contributed by atoms with van der Waals surface area (Å²) in [6.07, 6.45) is 5.57. The van der Waals surface area contributed by atoms with Crippen molar-refractivity contribution in [2.24, 2.45) is 4.99 Å². The third-order valence-electron chi connectivity index (χ3n) is 4.83. The highest BCUT2D eigenvalue weighted by Crippen LogP contribution is 2.15. The second-order valence-electron chi connectivity index (χ2n) is 7.26. The van der Waals surface area contributed by atoms with Crippen molar-refractivity contribution in [2.45, 2.75) is 40.2 Å². The van der Waals surface area contributed by atoms with Crippen LogP contribution in [0.25, 0.3) is 5.82 Å². The molecule has 0 aliphatic heterocycles. The van der Waals surface area contributed by atoms with Crippen molar-refractivity contribution in [2.75, 3.05) is 13.1 Å². The van der Waals surface area contributed by atoms with Crippen LogP contribution in [0.3, 0.4) is 0 Å². The first-order chi connectivity index (χ1) is 14.1. The van der Waals surface area contributed by atoms with Crippen molar-refractivity contribution in [3.63, 3.8) is 0 Å². The van der Waals surface area contributed by atoms with Crippen LogP contribution in [-0.4, -0.2) is 33.6 Å². The smallest absolute Gasteiger partial charge is 0.191 e. The number of benzene rings is 1. The Morgan fingerprint density at radius 2 is 2.00 bits per heavy atom. The fourth-order valence-corrected chi connectivity index (χ4v) is 3.13. The van der Waals surface area contributed by atoms with Crippen molar-refractivity contribution in [3.05, 3.63) is 77.5 Å². The molecule has 152 valence electrons. The fraction of sp³-hybridized carbons (Fsp3) is 0.348. The maximum absolute atomic E-state index is 4.71. The molecule has 0 aliphatic rings. The van der Waals surface area contributed by atoms with Gasteiger partial charge in [-0.2, -0.15) is 0 Å². The number of aromatic nitrogens is 3. The predicted octanol–water partition coefficient (Wildman–Crippen LogP) is 3.74. The molecule has 2 aromatic heterocycles. The lowest BCUT2D eigenvalue weighted by atomic mass is 9.99. The average Bonchev–Trinajstić information content (AvgIpc) is 3.16. The Morgan fingerprint density at radius 1 is 1.14 bits per heavy atom. The van der Waals surface area contributed by atoms with Gasteiger partial charge < -0.3 is 10.6 Å². The second kappa shape index (κ2) is 9.87. The van der Waals surface area contributed by atoms with Gasteiger partial charge in [0.2, 0.25) is 0 Å². The van der Waals surface area contributed by atoms with Gasteiger partial charge in [-0.25, -0.2) is 15.0 Å². The molecule has 0 radical (unpaired) electrons. The molecule has 2 N–H and O–H groups in total. The molecule has 29 heavy (non-hydrogen) atoms. The zero-order chi connectivity index (χ0) is 20.6. The topological polar surface area (TPSA) is 67.1 Å². The molecule has 0 spiro atoms. The first-order valence-electron chi connectivity index (χ1n) is 10.1. The van der Waals surface area contributed by atoms with E-state index in [2.05, 4.69) is 71.7 Å². The van der Waals surface area contributed by atoms with Crippen LogP contribution in [0.2, 0.25) is 0 Å². The lowest BCUT2D eigenvalue weighted by Gasteiger charge is -2.16. The van der Waals surface area contributed by atoms with Crippen molar-refractivity contribution in [1.29, 1.82) is 0 Å². The van der Waals surface area contributed by atoms with Crippen LogP contribution in [0.1, 0.15) is 42.3 Å². The third kappa shape index (κ3) is 5.67. The van der Waals surface area contributed by atoms with Crippen LogP contribution < -0.4 is 10.6 Å². The Morgan fingerprint density at radius 3 is 2.66 bits per heavy atom. The molecule has 0 saturated carbocycles. The number of pyridine rings is 1. The van der Waals surface area contributed by atoms with Gasteiger partial charge in [-0.1, -0.05) is 42.8 Å². The molecule has 0 saturated heterocycles. The molecule has 0 fully saturated rings. The molecule has 6 heteroatoms. The highest BCUT2D eigenvalue weighted by molar-refractivity contribution is 5.79. The van der Waals surface area contributed by atoms with E-state index in [4.69, 9.17) is 4.99 Å². The summed E-state index contributed by atoms with van der Waals surface area (Å²) in [5.41, 5.74) is 3.69. The number of guanidine groups is 1. The van der Waals surface area contributed by atoms with Crippen LogP contribution in [0, 0.1) is 13.8 Å². The number of nitrogens with zero attached hydrogens (tertiary/aromatic N) is 4. The van der Waals surface area contributed by atoms with E-state index in [0.717, 1.165) is 36.3 Å². The van der Waals surface area contributed by atoms with Gasteiger partial charge in [-0.15, -0.1) is 0 Å². The molecule has 0 amide bonds. The molecule has 1 atom stereocenters. The van der Waals surface area contributed by atoms with E-state index in [1.807, 2.05) is 30.0 Å². The van der Waals surface area contributed by atoms with Crippen LogP contribution in [0.15, 0.2) is 60.0 Å². The Bertz CT molecular complexity index is 942. The highest BCUT2D eigenvalue weighted by atomic mass is 15.2. The van der Waals surface area contributed by atoms with Crippen molar-refractivity contribution in [3.8, 4) is 5.82 Å². The van der Waals surface area contributed by atoms with Gasteiger partial charge in [-0.05, 0) is 43.9 Å². The number of aryl methyl sites for hydroxylation is 2. The van der Waals surface area contributed by atoms with Crippen LogP contribution in [0.5, 0.6) is 0 Å². The average molecular weight is 391 g/mol. The molecule has 3 rings (SSSR count). The van der Waals surface area contributed by atoms with E-state index < -0.39 is 0 Å². The molecule has 6 nitrogen and oxygen atoms in total. The fourth-order valence-electron chi connectivity index (χ4n) is 3.13. The van der Waals surface area contributed by atoms with E-state index in [1.54, 1.807) is 6.20 Å². The SMILES string of the molecule is CCNC(=NCc1ccc(-n2ccnc2C)nc1)NCC(C)c1cccc(C)c1. The molecule has 0 aliphatic carbocycles. The minimum Gasteiger partial charge on any atom is -0.357 e. The van der Waals surface area contributed by atoms with Crippen LogP contribution in [0.4, 0.5) is 0 Å². The first-order valence-corrected chi connectivity index (χ1v) is 10.1. The summed E-state index contributed by atoms with van der Waals surface area (Å²) in [5.74, 6) is 3.01. The van der Waals surface area contributed by atoms with E-state index in [0.29, 0.717) is 12.5 Å². The van der Waals surface area contributed by atoms with Crippen molar-refractivity contribution < 1.29 is 0 Å². The third-order valence-corrected chi connectivity index (χ3v) is 4.83. The summed E-state index contributed by atoms with van der Waals surface area (Å²) in [5, 5.41) is 6.77. The molecule has 3 aromatic rings. The number of imidazole rings is 1. The largest absolute Gasteiger partial charge is 0.357 e. The van der Waals surface area contributed by atoms with E-state index in [9.17, 15) is 0 Å². The van der Waals surface area contributed by atoms with Gasteiger partial charge >= 0.3 is 0 Å². The summed E-state index contributed by atoms with van der Waals surface area (Å²) in [6.45, 7) is 10.6.